The average Bonchev–Trinajstić information content (AvgIpc) is 2.51. The van der Waals surface area contributed by atoms with E-state index in [2.05, 4.69) is 10.8 Å². The van der Waals surface area contributed by atoms with Crippen LogP contribution in [0, 0.1) is 13.8 Å². The van der Waals surface area contributed by atoms with Crippen LogP contribution in [0.15, 0.2) is 47.4 Å². The lowest BCUT2D eigenvalue weighted by atomic mass is 10.1. The molecule has 2 aromatic rings. The molecule has 0 aliphatic heterocycles. The second-order valence-electron chi connectivity index (χ2n) is 5.25. The maximum Gasteiger partial charge on any atom is 0.240 e. The SMILES string of the molecule is COc1ccc(S(=O)(=O)NCCOc2cc(C)cc(C)c2)cc1. The van der Waals surface area contributed by atoms with Gasteiger partial charge in [-0.15, -0.1) is 0 Å². The summed E-state index contributed by atoms with van der Waals surface area (Å²) in [4.78, 5) is 0.199. The Bertz CT molecular complexity index is 734. The molecule has 0 saturated heterocycles. The number of methoxy groups -OCH3 is 1. The van der Waals surface area contributed by atoms with E-state index in [0.29, 0.717) is 5.75 Å². The Morgan fingerprint density at radius 2 is 1.57 bits per heavy atom. The van der Waals surface area contributed by atoms with Gasteiger partial charge in [0.25, 0.3) is 0 Å². The average molecular weight is 335 g/mol. The molecule has 2 rings (SSSR count). The van der Waals surface area contributed by atoms with Crippen LogP contribution in [0.3, 0.4) is 0 Å². The van der Waals surface area contributed by atoms with Crippen LogP contribution in [0.2, 0.25) is 0 Å². The molecule has 2 aromatic carbocycles. The topological polar surface area (TPSA) is 64.6 Å². The van der Waals surface area contributed by atoms with E-state index in [0.717, 1.165) is 16.9 Å². The summed E-state index contributed by atoms with van der Waals surface area (Å²) in [5.41, 5.74) is 2.22. The molecule has 0 spiro atoms. The Morgan fingerprint density at radius 1 is 0.957 bits per heavy atom. The largest absolute Gasteiger partial charge is 0.497 e. The number of sulfonamides is 1. The number of ether oxygens (including phenoxy) is 2. The first-order valence-electron chi connectivity index (χ1n) is 7.25. The molecule has 124 valence electrons. The smallest absolute Gasteiger partial charge is 0.240 e. The van der Waals surface area contributed by atoms with Gasteiger partial charge in [0.2, 0.25) is 10.0 Å². The van der Waals surface area contributed by atoms with Crippen molar-refractivity contribution in [2.24, 2.45) is 0 Å². The number of hydrogen-bond acceptors (Lipinski definition) is 4. The quantitative estimate of drug-likeness (QED) is 0.790. The summed E-state index contributed by atoms with van der Waals surface area (Å²) < 4.78 is 37.4. The van der Waals surface area contributed by atoms with Gasteiger partial charge in [-0.1, -0.05) is 6.07 Å². The van der Waals surface area contributed by atoms with Gasteiger partial charge in [-0.3, -0.25) is 0 Å². The minimum absolute atomic E-state index is 0.196. The van der Waals surface area contributed by atoms with Gasteiger partial charge in [-0.25, -0.2) is 13.1 Å². The number of hydrogen-bond donors (Lipinski definition) is 1. The van der Waals surface area contributed by atoms with Crippen LogP contribution in [-0.4, -0.2) is 28.7 Å². The molecule has 1 N–H and O–H groups in total. The van der Waals surface area contributed by atoms with Crippen LogP contribution in [0.5, 0.6) is 11.5 Å². The lowest BCUT2D eigenvalue weighted by molar-refractivity contribution is 0.322. The molecule has 0 atom stereocenters. The molecular formula is C17H21NO4S. The van der Waals surface area contributed by atoms with Crippen molar-refractivity contribution in [2.45, 2.75) is 18.7 Å². The lowest BCUT2D eigenvalue weighted by Gasteiger charge is -2.10. The third-order valence-corrected chi connectivity index (χ3v) is 4.70. The molecule has 0 amide bonds. The highest BCUT2D eigenvalue weighted by Crippen LogP contribution is 2.17. The highest BCUT2D eigenvalue weighted by Gasteiger charge is 2.13. The van der Waals surface area contributed by atoms with Crippen molar-refractivity contribution in [1.82, 2.24) is 4.72 Å². The molecule has 23 heavy (non-hydrogen) atoms. The monoisotopic (exact) mass is 335 g/mol. The molecule has 0 radical (unpaired) electrons. The summed E-state index contributed by atoms with van der Waals surface area (Å²) in [7, 11) is -2.01. The van der Waals surface area contributed by atoms with E-state index >= 15 is 0 Å². The van der Waals surface area contributed by atoms with Crippen molar-refractivity contribution in [2.75, 3.05) is 20.3 Å². The van der Waals surface area contributed by atoms with Crippen molar-refractivity contribution in [3.63, 3.8) is 0 Å². The van der Waals surface area contributed by atoms with E-state index < -0.39 is 10.0 Å². The Hall–Kier alpha value is -2.05. The zero-order valence-electron chi connectivity index (χ0n) is 13.5. The second-order valence-corrected chi connectivity index (χ2v) is 7.01. The summed E-state index contributed by atoms with van der Waals surface area (Å²) >= 11 is 0. The van der Waals surface area contributed by atoms with Crippen LogP contribution in [0.1, 0.15) is 11.1 Å². The summed E-state index contributed by atoms with van der Waals surface area (Å²) in [5.74, 6) is 1.35. The molecule has 0 saturated carbocycles. The third kappa shape index (κ3) is 4.97. The van der Waals surface area contributed by atoms with E-state index in [1.165, 1.54) is 19.2 Å². The van der Waals surface area contributed by atoms with E-state index in [-0.39, 0.29) is 18.0 Å². The summed E-state index contributed by atoms with van der Waals surface area (Å²) in [6.45, 7) is 4.44. The summed E-state index contributed by atoms with van der Waals surface area (Å²) in [6, 6.07) is 12.1. The molecular weight excluding hydrogens is 314 g/mol. The normalized spacial score (nSPS) is 11.3. The minimum Gasteiger partial charge on any atom is -0.497 e. The number of rotatable bonds is 7. The second kappa shape index (κ2) is 7.48. The summed E-state index contributed by atoms with van der Waals surface area (Å²) in [5, 5.41) is 0. The van der Waals surface area contributed by atoms with E-state index in [1.807, 2.05) is 26.0 Å². The first-order valence-corrected chi connectivity index (χ1v) is 8.74. The Morgan fingerprint density at radius 3 is 2.13 bits per heavy atom. The molecule has 0 aromatic heterocycles. The highest BCUT2D eigenvalue weighted by atomic mass is 32.2. The standard InChI is InChI=1S/C17H21NO4S/c1-13-10-14(2)12-16(11-13)22-9-8-18-23(19,20)17-6-4-15(21-3)5-7-17/h4-7,10-12,18H,8-9H2,1-3H3. The third-order valence-electron chi connectivity index (χ3n) is 3.23. The summed E-state index contributed by atoms with van der Waals surface area (Å²) in [6.07, 6.45) is 0. The molecule has 0 aliphatic rings. The predicted octanol–water partition coefficient (Wildman–Crippen LogP) is 2.67. The molecule has 5 nitrogen and oxygen atoms in total. The molecule has 6 heteroatoms. The van der Waals surface area contributed by atoms with Gasteiger partial charge in [-0.05, 0) is 61.4 Å². The van der Waals surface area contributed by atoms with Crippen molar-refractivity contribution >= 4 is 10.0 Å². The zero-order valence-corrected chi connectivity index (χ0v) is 14.3. The van der Waals surface area contributed by atoms with E-state index in [1.54, 1.807) is 12.1 Å². The van der Waals surface area contributed by atoms with Gasteiger partial charge in [0.15, 0.2) is 0 Å². The zero-order chi connectivity index (χ0) is 16.9. The molecule has 0 aliphatic carbocycles. The molecule has 0 heterocycles. The van der Waals surface area contributed by atoms with Crippen LogP contribution in [-0.2, 0) is 10.0 Å². The maximum absolute atomic E-state index is 12.1. The first-order chi connectivity index (χ1) is 10.9. The Labute approximate surface area is 137 Å². The van der Waals surface area contributed by atoms with Crippen LogP contribution in [0.4, 0.5) is 0 Å². The van der Waals surface area contributed by atoms with Crippen molar-refractivity contribution in [3.05, 3.63) is 53.6 Å². The van der Waals surface area contributed by atoms with Gasteiger partial charge in [0.05, 0.1) is 12.0 Å². The molecule has 0 unspecified atom stereocenters. The van der Waals surface area contributed by atoms with Crippen molar-refractivity contribution in [1.29, 1.82) is 0 Å². The first kappa shape index (κ1) is 17.3. The van der Waals surface area contributed by atoms with Gasteiger partial charge in [-0.2, -0.15) is 0 Å². The highest BCUT2D eigenvalue weighted by molar-refractivity contribution is 7.89. The van der Waals surface area contributed by atoms with Crippen molar-refractivity contribution < 1.29 is 17.9 Å². The fourth-order valence-corrected chi connectivity index (χ4v) is 3.21. The van der Waals surface area contributed by atoms with Gasteiger partial charge in [0.1, 0.15) is 18.1 Å². The fourth-order valence-electron chi connectivity index (χ4n) is 2.20. The lowest BCUT2D eigenvalue weighted by Crippen LogP contribution is -2.28. The number of nitrogens with one attached hydrogen (secondary N) is 1. The molecule has 0 fully saturated rings. The number of aryl methyl sites for hydroxylation is 2. The Kier molecular flexibility index (Phi) is 5.63. The maximum atomic E-state index is 12.1. The molecule has 0 bridgehead atoms. The minimum atomic E-state index is -3.54. The van der Waals surface area contributed by atoms with Gasteiger partial charge < -0.3 is 9.47 Å². The van der Waals surface area contributed by atoms with Crippen LogP contribution < -0.4 is 14.2 Å². The van der Waals surface area contributed by atoms with Gasteiger partial charge in [0, 0.05) is 6.54 Å². The predicted molar refractivity (Wildman–Crippen MR) is 89.6 cm³/mol. The van der Waals surface area contributed by atoms with Crippen LogP contribution >= 0.6 is 0 Å². The fraction of sp³-hybridized carbons (Fsp3) is 0.294. The van der Waals surface area contributed by atoms with E-state index in [9.17, 15) is 8.42 Å². The Balaban J connectivity index is 1.89. The van der Waals surface area contributed by atoms with Gasteiger partial charge >= 0.3 is 0 Å². The van der Waals surface area contributed by atoms with Crippen molar-refractivity contribution in [3.8, 4) is 11.5 Å². The number of benzene rings is 2. The van der Waals surface area contributed by atoms with E-state index in [4.69, 9.17) is 9.47 Å². The van der Waals surface area contributed by atoms with Crippen LogP contribution in [0.25, 0.3) is 0 Å².